The van der Waals surface area contributed by atoms with Gasteiger partial charge >= 0.3 is 0 Å². The number of rotatable bonds is 4. The van der Waals surface area contributed by atoms with Crippen LogP contribution in [0, 0.1) is 5.92 Å². The van der Waals surface area contributed by atoms with E-state index in [1.807, 2.05) is 18.7 Å². The molecule has 0 bridgehead atoms. The molecule has 0 aromatic carbocycles. The van der Waals surface area contributed by atoms with Gasteiger partial charge in [-0.25, -0.2) is 0 Å². The quantitative estimate of drug-likeness (QED) is 0.880. The van der Waals surface area contributed by atoms with Crippen LogP contribution in [-0.4, -0.2) is 46.6 Å². The van der Waals surface area contributed by atoms with Crippen molar-refractivity contribution in [2.75, 3.05) is 25.0 Å². The molecule has 1 aromatic heterocycles. The van der Waals surface area contributed by atoms with Gasteiger partial charge in [0.25, 0.3) is 5.91 Å². The minimum absolute atomic E-state index is 0.0485. The molecule has 1 aliphatic rings. The second-order valence-corrected chi connectivity index (χ2v) is 5.32. The van der Waals surface area contributed by atoms with Crippen molar-refractivity contribution < 1.29 is 9.90 Å². The number of aliphatic hydroxyl groups is 1. The van der Waals surface area contributed by atoms with E-state index < -0.39 is 0 Å². The van der Waals surface area contributed by atoms with Crippen molar-refractivity contribution in [2.45, 2.75) is 32.8 Å². The summed E-state index contributed by atoms with van der Waals surface area (Å²) >= 11 is 0. The molecule has 5 heteroatoms. The van der Waals surface area contributed by atoms with Crippen LogP contribution >= 0.6 is 0 Å². The van der Waals surface area contributed by atoms with Gasteiger partial charge in [0.2, 0.25) is 0 Å². The molecular formula is C15H23N3O2. The van der Waals surface area contributed by atoms with Crippen LogP contribution in [0.2, 0.25) is 0 Å². The summed E-state index contributed by atoms with van der Waals surface area (Å²) in [6.45, 7) is 6.00. The molecule has 1 atom stereocenters. The highest BCUT2D eigenvalue weighted by Gasteiger charge is 2.26. The molecule has 5 nitrogen and oxygen atoms in total. The largest absolute Gasteiger partial charge is 0.393 e. The maximum Gasteiger partial charge on any atom is 0.256 e. The van der Waals surface area contributed by atoms with Crippen molar-refractivity contribution in [3.8, 4) is 0 Å². The summed E-state index contributed by atoms with van der Waals surface area (Å²) < 4.78 is 0. The topological polar surface area (TPSA) is 65.5 Å². The molecule has 0 radical (unpaired) electrons. The van der Waals surface area contributed by atoms with Crippen LogP contribution in [0.1, 0.15) is 37.0 Å². The summed E-state index contributed by atoms with van der Waals surface area (Å²) in [6.07, 6.45) is 4.79. The molecule has 110 valence electrons. The first kappa shape index (κ1) is 14.8. The lowest BCUT2D eigenvalue weighted by Crippen LogP contribution is -2.41. The highest BCUT2D eigenvalue weighted by atomic mass is 16.3. The molecule has 1 amide bonds. The molecule has 0 saturated carbocycles. The molecule has 2 rings (SSSR count). The van der Waals surface area contributed by atoms with E-state index in [2.05, 4.69) is 10.3 Å². The van der Waals surface area contributed by atoms with E-state index in [4.69, 9.17) is 0 Å². The second kappa shape index (κ2) is 6.70. The number of likely N-dealkylation sites (tertiary alicyclic amines) is 1. The van der Waals surface area contributed by atoms with E-state index in [9.17, 15) is 9.90 Å². The minimum atomic E-state index is -0.287. The zero-order valence-corrected chi connectivity index (χ0v) is 12.2. The second-order valence-electron chi connectivity index (χ2n) is 5.32. The summed E-state index contributed by atoms with van der Waals surface area (Å²) in [6, 6.07) is 1.76. The Hall–Kier alpha value is -1.62. The summed E-state index contributed by atoms with van der Waals surface area (Å²) in [7, 11) is 0. The minimum Gasteiger partial charge on any atom is -0.393 e. The summed E-state index contributed by atoms with van der Waals surface area (Å²) in [5.41, 5.74) is 1.47. The molecule has 1 aliphatic heterocycles. The third kappa shape index (κ3) is 3.28. The number of carbonyl (C=O) groups is 1. The number of nitrogens with one attached hydrogen (secondary N) is 1. The number of anilines is 1. The third-order valence-electron chi connectivity index (χ3n) is 3.93. The Balaban J connectivity index is 2.05. The maximum atomic E-state index is 12.6. The van der Waals surface area contributed by atoms with Gasteiger partial charge in [0.15, 0.2) is 0 Å². The van der Waals surface area contributed by atoms with E-state index in [1.165, 1.54) is 0 Å². The lowest BCUT2D eigenvalue weighted by atomic mass is 9.92. The number of nitrogens with zero attached hydrogens (tertiary/aromatic N) is 2. The summed E-state index contributed by atoms with van der Waals surface area (Å²) in [5.74, 6) is 0.358. The molecule has 1 unspecified atom stereocenters. The van der Waals surface area contributed by atoms with Gasteiger partial charge < -0.3 is 15.3 Å². The van der Waals surface area contributed by atoms with Crippen LogP contribution in [0.5, 0.6) is 0 Å². The van der Waals surface area contributed by atoms with E-state index in [0.717, 1.165) is 25.1 Å². The Bertz CT molecular complexity index is 454. The molecule has 20 heavy (non-hydrogen) atoms. The van der Waals surface area contributed by atoms with Crippen LogP contribution in [0.3, 0.4) is 0 Å². The van der Waals surface area contributed by atoms with Gasteiger partial charge in [-0.05, 0) is 38.7 Å². The van der Waals surface area contributed by atoms with Gasteiger partial charge in [-0.1, -0.05) is 0 Å². The Kier molecular flexibility index (Phi) is 4.95. The van der Waals surface area contributed by atoms with Crippen LogP contribution in [-0.2, 0) is 0 Å². The molecule has 1 saturated heterocycles. The van der Waals surface area contributed by atoms with E-state index in [1.54, 1.807) is 18.5 Å². The number of aromatic nitrogens is 1. The van der Waals surface area contributed by atoms with Crippen molar-refractivity contribution >= 4 is 11.6 Å². The molecule has 1 fully saturated rings. The monoisotopic (exact) mass is 277 g/mol. The lowest BCUT2D eigenvalue weighted by molar-refractivity contribution is 0.0522. The summed E-state index contributed by atoms with van der Waals surface area (Å²) in [4.78, 5) is 18.5. The first-order chi connectivity index (χ1) is 9.63. The molecule has 1 aromatic rings. The van der Waals surface area contributed by atoms with Gasteiger partial charge in [-0.3, -0.25) is 9.78 Å². The normalized spacial score (nSPS) is 17.9. The zero-order valence-electron chi connectivity index (χ0n) is 12.2. The fourth-order valence-electron chi connectivity index (χ4n) is 2.67. The molecule has 2 N–H and O–H groups in total. The predicted molar refractivity (Wildman–Crippen MR) is 78.7 cm³/mol. The Labute approximate surface area is 120 Å². The Morgan fingerprint density at radius 1 is 1.55 bits per heavy atom. The number of piperidine rings is 1. The SMILES string of the molecule is CCNc1cnccc1C(=O)N1CCC(C(C)O)CC1. The number of pyridine rings is 1. The van der Waals surface area contributed by atoms with Gasteiger partial charge in [-0.2, -0.15) is 0 Å². The molecule has 2 heterocycles. The van der Waals surface area contributed by atoms with Crippen LogP contribution in [0.15, 0.2) is 18.5 Å². The molecule has 0 aliphatic carbocycles. The third-order valence-corrected chi connectivity index (χ3v) is 3.93. The fraction of sp³-hybridized carbons (Fsp3) is 0.600. The predicted octanol–water partition coefficient (Wildman–Crippen LogP) is 1.75. The number of aliphatic hydroxyl groups excluding tert-OH is 1. The number of amides is 1. The van der Waals surface area contributed by atoms with Gasteiger partial charge in [-0.15, -0.1) is 0 Å². The fourth-order valence-corrected chi connectivity index (χ4v) is 2.67. The van der Waals surface area contributed by atoms with Crippen LogP contribution in [0.4, 0.5) is 5.69 Å². The van der Waals surface area contributed by atoms with Gasteiger partial charge in [0, 0.05) is 25.8 Å². The summed E-state index contributed by atoms with van der Waals surface area (Å²) in [5, 5.41) is 12.8. The smallest absolute Gasteiger partial charge is 0.256 e. The van der Waals surface area contributed by atoms with Crippen molar-refractivity contribution in [2.24, 2.45) is 5.92 Å². The number of hydrogen-bond donors (Lipinski definition) is 2. The average molecular weight is 277 g/mol. The van der Waals surface area contributed by atoms with E-state index in [0.29, 0.717) is 24.6 Å². The highest BCUT2D eigenvalue weighted by Crippen LogP contribution is 2.23. The van der Waals surface area contributed by atoms with Crippen molar-refractivity contribution in [3.05, 3.63) is 24.0 Å². The van der Waals surface area contributed by atoms with Crippen molar-refractivity contribution in [3.63, 3.8) is 0 Å². The van der Waals surface area contributed by atoms with Gasteiger partial charge in [0.05, 0.1) is 23.6 Å². The first-order valence-electron chi connectivity index (χ1n) is 7.28. The first-order valence-corrected chi connectivity index (χ1v) is 7.28. The van der Waals surface area contributed by atoms with E-state index in [-0.39, 0.29) is 12.0 Å². The van der Waals surface area contributed by atoms with Crippen LogP contribution < -0.4 is 5.32 Å². The number of carbonyl (C=O) groups excluding carboxylic acids is 1. The standard InChI is InChI=1S/C15H23N3O2/c1-3-17-14-10-16-7-4-13(14)15(20)18-8-5-12(6-9-18)11(2)19/h4,7,10-12,17,19H,3,5-6,8-9H2,1-2H3. The maximum absolute atomic E-state index is 12.6. The van der Waals surface area contributed by atoms with Gasteiger partial charge in [0.1, 0.15) is 0 Å². The Morgan fingerprint density at radius 3 is 2.85 bits per heavy atom. The molecular weight excluding hydrogens is 254 g/mol. The van der Waals surface area contributed by atoms with Crippen molar-refractivity contribution in [1.82, 2.24) is 9.88 Å². The van der Waals surface area contributed by atoms with Crippen molar-refractivity contribution in [1.29, 1.82) is 0 Å². The average Bonchev–Trinajstić information content (AvgIpc) is 2.47. The highest BCUT2D eigenvalue weighted by molar-refractivity contribution is 5.99. The van der Waals surface area contributed by atoms with Crippen LogP contribution in [0.25, 0.3) is 0 Å². The zero-order chi connectivity index (χ0) is 14.5. The Morgan fingerprint density at radius 2 is 2.25 bits per heavy atom. The molecule has 0 spiro atoms. The van der Waals surface area contributed by atoms with E-state index >= 15 is 0 Å². The lowest BCUT2D eigenvalue weighted by Gasteiger charge is -2.33. The number of hydrogen-bond acceptors (Lipinski definition) is 4.